The summed E-state index contributed by atoms with van der Waals surface area (Å²) < 4.78 is 0. The maximum atomic E-state index is 10.8. The number of nitrogens with zero attached hydrogens (tertiary/aromatic N) is 1. The topological polar surface area (TPSA) is 54.0 Å². The van der Waals surface area contributed by atoms with Gasteiger partial charge in [0.25, 0.3) is 0 Å². The number of hydrogen-bond acceptors (Lipinski definition) is 3. The number of halogens is 1. The predicted octanol–water partition coefficient (Wildman–Crippen LogP) is 1.80. The zero-order valence-corrected chi connectivity index (χ0v) is 9.56. The van der Waals surface area contributed by atoms with Crippen LogP contribution in [-0.4, -0.2) is 17.4 Å². The molecule has 0 aromatic carbocycles. The van der Waals surface area contributed by atoms with Crippen molar-refractivity contribution >= 4 is 23.3 Å². The number of amides is 1. The van der Waals surface area contributed by atoms with Crippen LogP contribution in [0.4, 0.5) is 5.82 Å². The van der Waals surface area contributed by atoms with Gasteiger partial charge in [0.05, 0.1) is 5.02 Å². The van der Waals surface area contributed by atoms with Crippen LogP contribution in [-0.2, 0) is 11.3 Å². The van der Waals surface area contributed by atoms with Gasteiger partial charge in [-0.15, -0.1) is 0 Å². The number of hydrogen-bond donors (Lipinski definition) is 2. The molecule has 1 heterocycles. The average Bonchev–Trinajstić information content (AvgIpc) is 2.18. The van der Waals surface area contributed by atoms with Crippen molar-refractivity contribution in [3.05, 3.63) is 22.8 Å². The van der Waals surface area contributed by atoms with E-state index in [0.717, 1.165) is 17.9 Å². The molecule has 0 saturated heterocycles. The first-order valence-corrected chi connectivity index (χ1v) is 5.14. The molecule has 1 aromatic heterocycles. The van der Waals surface area contributed by atoms with Crippen molar-refractivity contribution in [2.24, 2.45) is 0 Å². The second-order valence-electron chi connectivity index (χ2n) is 3.10. The van der Waals surface area contributed by atoms with Crippen LogP contribution in [0.2, 0.25) is 5.02 Å². The number of aromatic nitrogens is 1. The van der Waals surface area contributed by atoms with Crippen molar-refractivity contribution in [1.82, 2.24) is 10.3 Å². The molecule has 2 N–H and O–H groups in total. The van der Waals surface area contributed by atoms with Crippen molar-refractivity contribution < 1.29 is 4.79 Å². The summed E-state index contributed by atoms with van der Waals surface area (Å²) in [5.74, 6) is 0.688. The fraction of sp³-hybridized carbons (Fsp3) is 0.400. The number of nitrogens with one attached hydrogen (secondary N) is 2. The van der Waals surface area contributed by atoms with Crippen LogP contribution in [0.25, 0.3) is 0 Å². The summed E-state index contributed by atoms with van der Waals surface area (Å²) in [6.45, 7) is 4.68. The van der Waals surface area contributed by atoms with Crippen molar-refractivity contribution in [3.63, 3.8) is 0 Å². The zero-order chi connectivity index (χ0) is 11.3. The molecular formula is C10H14ClN3O. The predicted molar refractivity (Wildman–Crippen MR) is 60.9 cm³/mol. The van der Waals surface area contributed by atoms with Gasteiger partial charge >= 0.3 is 0 Å². The molecule has 1 rings (SSSR count). The monoisotopic (exact) mass is 227 g/mol. The van der Waals surface area contributed by atoms with Gasteiger partial charge in [-0.2, -0.15) is 0 Å². The average molecular weight is 228 g/mol. The summed E-state index contributed by atoms with van der Waals surface area (Å²) in [6, 6.07) is 1.79. The highest BCUT2D eigenvalue weighted by molar-refractivity contribution is 6.30. The molecule has 0 aliphatic heterocycles. The van der Waals surface area contributed by atoms with Gasteiger partial charge in [-0.05, 0) is 13.0 Å². The number of carbonyl (C=O) groups excluding carboxylic acids is 1. The third-order valence-corrected chi connectivity index (χ3v) is 2.01. The molecule has 0 saturated carbocycles. The highest BCUT2D eigenvalue weighted by Crippen LogP contribution is 2.17. The van der Waals surface area contributed by atoms with Crippen LogP contribution in [0.15, 0.2) is 12.3 Å². The highest BCUT2D eigenvalue weighted by Gasteiger charge is 2.04. The highest BCUT2D eigenvalue weighted by atomic mass is 35.5. The lowest BCUT2D eigenvalue weighted by Gasteiger charge is -2.10. The van der Waals surface area contributed by atoms with Gasteiger partial charge in [-0.3, -0.25) is 4.79 Å². The van der Waals surface area contributed by atoms with E-state index >= 15 is 0 Å². The van der Waals surface area contributed by atoms with E-state index in [1.54, 1.807) is 12.3 Å². The first-order chi connectivity index (χ1) is 7.13. The Morgan fingerprint density at radius 2 is 2.33 bits per heavy atom. The fourth-order valence-corrected chi connectivity index (χ4v) is 1.34. The van der Waals surface area contributed by atoms with Crippen molar-refractivity contribution in [1.29, 1.82) is 0 Å². The molecule has 1 amide bonds. The lowest BCUT2D eigenvalue weighted by atomic mass is 10.2. The lowest BCUT2D eigenvalue weighted by molar-refractivity contribution is -0.119. The molecule has 4 nitrogen and oxygen atoms in total. The third kappa shape index (κ3) is 3.75. The van der Waals surface area contributed by atoms with Crippen LogP contribution in [0, 0.1) is 0 Å². The summed E-state index contributed by atoms with van der Waals surface area (Å²) in [5, 5.41) is 6.38. The molecule has 1 aromatic rings. The Labute approximate surface area is 94.0 Å². The normalized spacial score (nSPS) is 9.80. The van der Waals surface area contributed by atoms with E-state index in [-0.39, 0.29) is 5.91 Å². The summed E-state index contributed by atoms with van der Waals surface area (Å²) >= 11 is 5.83. The Morgan fingerprint density at radius 1 is 1.60 bits per heavy atom. The Balaban J connectivity index is 2.81. The molecular weight excluding hydrogens is 214 g/mol. The quantitative estimate of drug-likeness (QED) is 0.825. The van der Waals surface area contributed by atoms with Crippen molar-refractivity contribution in [2.75, 3.05) is 11.9 Å². The van der Waals surface area contributed by atoms with E-state index in [1.165, 1.54) is 6.92 Å². The second kappa shape index (κ2) is 5.56. The van der Waals surface area contributed by atoms with Crippen LogP contribution >= 0.6 is 11.6 Å². The minimum absolute atomic E-state index is 0.0718. The first-order valence-electron chi connectivity index (χ1n) is 4.76. The Hall–Kier alpha value is -1.29. The maximum Gasteiger partial charge on any atom is 0.217 e. The van der Waals surface area contributed by atoms with Crippen LogP contribution in [0.5, 0.6) is 0 Å². The SMILES string of the molecule is CCNc1ncc(Cl)cc1CNC(C)=O. The molecule has 0 aliphatic rings. The van der Waals surface area contributed by atoms with Gasteiger partial charge in [0.15, 0.2) is 0 Å². The smallest absolute Gasteiger partial charge is 0.217 e. The molecule has 0 spiro atoms. The van der Waals surface area contributed by atoms with Crippen LogP contribution in [0.1, 0.15) is 19.4 Å². The summed E-state index contributed by atoms with van der Waals surface area (Å²) in [4.78, 5) is 14.9. The molecule has 0 radical (unpaired) electrons. The molecule has 0 aliphatic carbocycles. The molecule has 0 fully saturated rings. The zero-order valence-electron chi connectivity index (χ0n) is 8.80. The van der Waals surface area contributed by atoms with Gasteiger partial charge in [-0.1, -0.05) is 11.6 Å². The van der Waals surface area contributed by atoms with Crippen LogP contribution in [0.3, 0.4) is 0 Å². The maximum absolute atomic E-state index is 10.8. The summed E-state index contributed by atoms with van der Waals surface area (Å²) in [7, 11) is 0. The minimum atomic E-state index is -0.0718. The van der Waals surface area contributed by atoms with E-state index in [9.17, 15) is 4.79 Å². The van der Waals surface area contributed by atoms with Crippen LogP contribution < -0.4 is 10.6 Å². The standard InChI is InChI=1S/C10H14ClN3O/c1-3-12-10-8(5-13-7(2)15)4-9(11)6-14-10/h4,6H,3,5H2,1-2H3,(H,12,14)(H,13,15). The molecule has 82 valence electrons. The largest absolute Gasteiger partial charge is 0.370 e. The Kier molecular flexibility index (Phi) is 4.37. The molecule has 0 bridgehead atoms. The number of rotatable bonds is 4. The van der Waals surface area contributed by atoms with Gasteiger partial charge in [0.2, 0.25) is 5.91 Å². The van der Waals surface area contributed by atoms with Gasteiger partial charge < -0.3 is 10.6 Å². The van der Waals surface area contributed by atoms with Crippen molar-refractivity contribution in [2.45, 2.75) is 20.4 Å². The minimum Gasteiger partial charge on any atom is -0.370 e. The fourth-order valence-electron chi connectivity index (χ4n) is 1.16. The molecule has 0 unspecified atom stereocenters. The summed E-state index contributed by atoms with van der Waals surface area (Å²) in [5.41, 5.74) is 0.888. The molecule has 5 heteroatoms. The van der Waals surface area contributed by atoms with Crippen molar-refractivity contribution in [3.8, 4) is 0 Å². The van der Waals surface area contributed by atoms with Gasteiger partial charge in [0.1, 0.15) is 5.82 Å². The summed E-state index contributed by atoms with van der Waals surface area (Å²) in [6.07, 6.45) is 1.58. The molecule has 0 atom stereocenters. The molecule has 15 heavy (non-hydrogen) atoms. The Morgan fingerprint density at radius 3 is 2.93 bits per heavy atom. The number of carbonyl (C=O) groups is 1. The van der Waals surface area contributed by atoms with E-state index in [1.807, 2.05) is 6.92 Å². The Bertz CT molecular complexity index is 355. The lowest BCUT2D eigenvalue weighted by Crippen LogP contribution is -2.20. The number of anilines is 1. The van der Waals surface area contributed by atoms with E-state index in [0.29, 0.717) is 11.6 Å². The van der Waals surface area contributed by atoms with Gasteiger partial charge in [-0.25, -0.2) is 4.98 Å². The van der Waals surface area contributed by atoms with E-state index in [4.69, 9.17) is 11.6 Å². The first kappa shape index (κ1) is 11.8. The number of pyridine rings is 1. The third-order valence-electron chi connectivity index (χ3n) is 1.81. The second-order valence-corrected chi connectivity index (χ2v) is 3.54. The van der Waals surface area contributed by atoms with E-state index in [2.05, 4.69) is 15.6 Å². The van der Waals surface area contributed by atoms with E-state index < -0.39 is 0 Å². The van der Waals surface area contributed by atoms with Gasteiger partial charge in [0, 0.05) is 31.8 Å².